The van der Waals surface area contributed by atoms with E-state index < -0.39 is 18.3 Å². The fourth-order valence-electron chi connectivity index (χ4n) is 3.76. The Labute approximate surface area is 163 Å². The lowest BCUT2D eigenvalue weighted by Crippen LogP contribution is -2.69. The molecule has 0 aliphatic carbocycles. The summed E-state index contributed by atoms with van der Waals surface area (Å²) in [6.45, 7) is 1.71. The third-order valence-electron chi connectivity index (χ3n) is 5.16. The highest BCUT2D eigenvalue weighted by atomic mass is 35.5. The van der Waals surface area contributed by atoms with Gasteiger partial charge in [0.1, 0.15) is 11.6 Å². The molecule has 11 heteroatoms. The van der Waals surface area contributed by atoms with Crippen LogP contribution in [0.15, 0.2) is 23.4 Å². The number of alkyl halides is 3. The number of hydrogen-bond donors (Lipinski definition) is 0. The first-order chi connectivity index (χ1) is 13.3. The lowest BCUT2D eigenvalue weighted by molar-refractivity contribution is -0.143. The number of halogens is 4. The van der Waals surface area contributed by atoms with Gasteiger partial charge in [-0.05, 0) is 18.4 Å². The Hall–Kier alpha value is -2.36. The van der Waals surface area contributed by atoms with E-state index in [9.17, 15) is 18.0 Å². The van der Waals surface area contributed by atoms with E-state index in [0.717, 1.165) is 18.4 Å². The van der Waals surface area contributed by atoms with Gasteiger partial charge in [-0.15, -0.1) is 0 Å². The van der Waals surface area contributed by atoms with Crippen LogP contribution in [-0.4, -0.2) is 51.1 Å². The topological polar surface area (TPSA) is 67.2 Å². The first-order valence-corrected chi connectivity index (χ1v) is 9.31. The van der Waals surface area contributed by atoms with Crippen molar-refractivity contribution in [3.8, 4) is 0 Å². The Morgan fingerprint density at radius 1 is 1.18 bits per heavy atom. The molecule has 28 heavy (non-hydrogen) atoms. The number of aryl methyl sites for hydroxylation is 1. The predicted octanol–water partition coefficient (Wildman–Crippen LogP) is 2.28. The quantitative estimate of drug-likeness (QED) is 0.764. The van der Waals surface area contributed by atoms with E-state index in [1.165, 1.54) is 6.20 Å². The molecule has 2 unspecified atom stereocenters. The molecule has 0 amide bonds. The molecule has 0 spiro atoms. The molecule has 5 rings (SSSR count). The van der Waals surface area contributed by atoms with E-state index in [1.54, 1.807) is 0 Å². The molecule has 5 heterocycles. The Balaban J connectivity index is 1.51. The summed E-state index contributed by atoms with van der Waals surface area (Å²) in [6.07, 6.45) is 2.15. The number of piperazine rings is 1. The van der Waals surface area contributed by atoms with Crippen molar-refractivity contribution in [1.29, 1.82) is 0 Å². The SMILES string of the molecule is CCc1cnc(N2C3CC2CN(c2cnn(CC(F)(F)F)c(=O)c2Cl)C3)nc1. The number of hydrogen-bond acceptors (Lipinski definition) is 6. The van der Waals surface area contributed by atoms with Crippen molar-refractivity contribution in [2.45, 2.75) is 44.6 Å². The van der Waals surface area contributed by atoms with Gasteiger partial charge in [0.25, 0.3) is 5.56 Å². The highest BCUT2D eigenvalue weighted by Crippen LogP contribution is 2.37. The van der Waals surface area contributed by atoms with E-state index >= 15 is 0 Å². The van der Waals surface area contributed by atoms with Gasteiger partial charge >= 0.3 is 6.18 Å². The number of nitrogens with zero attached hydrogens (tertiary/aromatic N) is 6. The molecular formula is C17H18ClF3N6O. The molecule has 0 N–H and O–H groups in total. The molecule has 0 radical (unpaired) electrons. The zero-order valence-corrected chi connectivity index (χ0v) is 15.8. The van der Waals surface area contributed by atoms with Crippen LogP contribution in [0, 0.1) is 0 Å². The molecule has 3 fully saturated rings. The van der Waals surface area contributed by atoms with Gasteiger partial charge in [-0.3, -0.25) is 4.79 Å². The van der Waals surface area contributed by atoms with Crippen LogP contribution in [-0.2, 0) is 13.0 Å². The van der Waals surface area contributed by atoms with Gasteiger partial charge in [-0.2, -0.15) is 18.3 Å². The average Bonchev–Trinajstić information content (AvgIpc) is 2.65. The lowest BCUT2D eigenvalue weighted by Gasteiger charge is -2.56. The number of rotatable bonds is 4. The van der Waals surface area contributed by atoms with Gasteiger partial charge in [-0.1, -0.05) is 18.5 Å². The standard InChI is InChI=1S/C17H18ClF3N6O/c1-2-10-4-22-16(23-5-10)27-11-3-12(27)8-25(7-11)13-6-24-26(9-17(19,20)21)15(28)14(13)18/h4-6,11-12H,2-3,7-9H2,1H3. The third kappa shape index (κ3) is 3.41. The van der Waals surface area contributed by atoms with E-state index in [-0.39, 0.29) is 17.1 Å². The van der Waals surface area contributed by atoms with E-state index in [0.29, 0.717) is 29.4 Å². The monoisotopic (exact) mass is 414 g/mol. The van der Waals surface area contributed by atoms with Crippen molar-refractivity contribution in [1.82, 2.24) is 19.7 Å². The molecule has 2 aromatic heterocycles. The van der Waals surface area contributed by atoms with Gasteiger partial charge in [0.2, 0.25) is 5.95 Å². The van der Waals surface area contributed by atoms with Crippen molar-refractivity contribution in [3.63, 3.8) is 0 Å². The van der Waals surface area contributed by atoms with Crippen LogP contribution < -0.4 is 15.4 Å². The summed E-state index contributed by atoms with van der Waals surface area (Å²) in [5, 5.41) is 3.42. The van der Waals surface area contributed by atoms with Crippen molar-refractivity contribution < 1.29 is 13.2 Å². The maximum absolute atomic E-state index is 12.5. The van der Waals surface area contributed by atoms with Crippen LogP contribution in [0.5, 0.6) is 0 Å². The van der Waals surface area contributed by atoms with Gasteiger partial charge in [0.05, 0.1) is 24.0 Å². The van der Waals surface area contributed by atoms with Crippen LogP contribution in [0.1, 0.15) is 18.9 Å². The second-order valence-corrected chi connectivity index (χ2v) is 7.40. The number of anilines is 2. The highest BCUT2D eigenvalue weighted by Gasteiger charge is 2.46. The molecule has 150 valence electrons. The van der Waals surface area contributed by atoms with Crippen LogP contribution in [0.4, 0.5) is 24.8 Å². The lowest BCUT2D eigenvalue weighted by atomic mass is 9.87. The Bertz CT molecular complexity index is 920. The van der Waals surface area contributed by atoms with E-state index in [2.05, 4.69) is 20.0 Å². The molecule has 3 aliphatic heterocycles. The summed E-state index contributed by atoms with van der Waals surface area (Å²) in [4.78, 5) is 25.0. The van der Waals surface area contributed by atoms with Gasteiger partial charge < -0.3 is 9.80 Å². The minimum Gasteiger partial charge on any atom is -0.365 e. The molecule has 3 aliphatic rings. The molecule has 3 saturated heterocycles. The fourth-order valence-corrected chi connectivity index (χ4v) is 4.02. The second-order valence-electron chi connectivity index (χ2n) is 7.02. The number of fused-ring (bicyclic) bond motifs is 2. The maximum atomic E-state index is 12.5. The van der Waals surface area contributed by atoms with Gasteiger partial charge in [-0.25, -0.2) is 14.6 Å². The molecule has 0 saturated carbocycles. The summed E-state index contributed by atoms with van der Waals surface area (Å²) in [5.74, 6) is 0.669. The average molecular weight is 415 g/mol. The van der Waals surface area contributed by atoms with E-state index in [4.69, 9.17) is 11.6 Å². The molecule has 2 bridgehead atoms. The first kappa shape index (κ1) is 19.0. The molecular weight excluding hydrogens is 397 g/mol. The molecule has 2 aromatic rings. The van der Waals surface area contributed by atoms with Crippen LogP contribution >= 0.6 is 11.6 Å². The zero-order chi connectivity index (χ0) is 20.1. The summed E-state index contributed by atoms with van der Waals surface area (Å²) >= 11 is 6.09. The predicted molar refractivity (Wildman–Crippen MR) is 97.9 cm³/mol. The van der Waals surface area contributed by atoms with Crippen LogP contribution in [0.25, 0.3) is 0 Å². The third-order valence-corrected chi connectivity index (χ3v) is 5.52. The number of piperidine rings is 1. The van der Waals surface area contributed by atoms with Crippen LogP contribution in [0.2, 0.25) is 5.02 Å². The first-order valence-electron chi connectivity index (χ1n) is 8.93. The normalized spacial score (nSPS) is 21.6. The van der Waals surface area contributed by atoms with Crippen molar-refractivity contribution in [2.75, 3.05) is 22.9 Å². The molecule has 7 nitrogen and oxygen atoms in total. The molecule has 2 atom stereocenters. The van der Waals surface area contributed by atoms with Crippen molar-refractivity contribution >= 4 is 23.2 Å². The summed E-state index contributed by atoms with van der Waals surface area (Å²) in [6, 6.07) is 0.305. The summed E-state index contributed by atoms with van der Waals surface area (Å²) in [7, 11) is 0. The largest absolute Gasteiger partial charge is 0.408 e. The van der Waals surface area contributed by atoms with Crippen LogP contribution in [0.3, 0.4) is 0 Å². The van der Waals surface area contributed by atoms with Crippen molar-refractivity contribution in [2.24, 2.45) is 0 Å². The van der Waals surface area contributed by atoms with Gasteiger partial charge in [0.15, 0.2) is 0 Å². The minimum absolute atomic E-state index is 0.153. The smallest absolute Gasteiger partial charge is 0.365 e. The Kier molecular flexibility index (Phi) is 4.68. The zero-order valence-electron chi connectivity index (χ0n) is 15.0. The summed E-state index contributed by atoms with van der Waals surface area (Å²) in [5.41, 5.74) is 0.487. The minimum atomic E-state index is -4.54. The van der Waals surface area contributed by atoms with Gasteiger partial charge in [0, 0.05) is 25.5 Å². The summed E-state index contributed by atoms with van der Waals surface area (Å²) < 4.78 is 38.0. The number of aromatic nitrogens is 4. The van der Waals surface area contributed by atoms with E-state index in [1.807, 2.05) is 24.2 Å². The second kappa shape index (κ2) is 6.91. The maximum Gasteiger partial charge on any atom is 0.408 e. The Morgan fingerprint density at radius 3 is 2.39 bits per heavy atom. The fraction of sp³-hybridized carbons (Fsp3) is 0.529. The molecule has 0 aromatic carbocycles. The van der Waals surface area contributed by atoms with Crippen molar-refractivity contribution in [3.05, 3.63) is 39.5 Å². The Morgan fingerprint density at radius 2 is 1.82 bits per heavy atom. The highest BCUT2D eigenvalue weighted by molar-refractivity contribution is 6.33.